The number of likely N-dealkylation sites (N-methyl/N-ethyl adjacent to an activating group) is 1. The summed E-state index contributed by atoms with van der Waals surface area (Å²) >= 11 is 3.42. The number of hydrogen-bond acceptors (Lipinski definition) is 7. The zero-order valence-corrected chi connectivity index (χ0v) is 27.8. The third-order valence-corrected chi connectivity index (χ3v) is 10.2. The standard InChI is InChI=1S/C34H40BrN7O4/c1-39-20-27(17-28(21-39)37-29-18-36-40(2)33(45)31(29)35)24-7-9-26(10-8-24)32(44)41-14-11-25(12-15-41)23-5-3-22(4-6-23)19-42-16-13-30(43)38-34(42)46/h3-10,18,25,27-28,37H,11-17,19-21H2,1-2H3,(H,38,43,46). The first-order chi connectivity index (χ1) is 22.1. The van der Waals surface area contributed by atoms with Gasteiger partial charge in [0, 0.05) is 64.3 Å². The minimum absolute atomic E-state index is 0.0713. The summed E-state index contributed by atoms with van der Waals surface area (Å²) in [5.74, 6) is 0.528. The van der Waals surface area contributed by atoms with E-state index in [2.05, 4.69) is 80.0 Å². The van der Waals surface area contributed by atoms with Crippen LogP contribution in [0.15, 0.2) is 64.0 Å². The van der Waals surface area contributed by atoms with Gasteiger partial charge in [0.05, 0.1) is 11.9 Å². The van der Waals surface area contributed by atoms with Gasteiger partial charge in [0.1, 0.15) is 4.47 Å². The number of rotatable bonds is 7. The van der Waals surface area contributed by atoms with Gasteiger partial charge < -0.3 is 20.0 Å². The van der Waals surface area contributed by atoms with Gasteiger partial charge in [-0.15, -0.1) is 0 Å². The summed E-state index contributed by atoms with van der Waals surface area (Å²) in [5.41, 5.74) is 4.72. The largest absolute Gasteiger partial charge is 0.379 e. The van der Waals surface area contributed by atoms with Gasteiger partial charge in [-0.25, -0.2) is 9.48 Å². The first kappa shape index (κ1) is 31.9. The number of likely N-dealkylation sites (tertiary alicyclic amines) is 2. The molecular formula is C34H40BrN7O4. The molecule has 2 atom stereocenters. The highest BCUT2D eigenvalue weighted by atomic mass is 79.9. The van der Waals surface area contributed by atoms with Crippen molar-refractivity contribution in [2.24, 2.45) is 7.05 Å². The molecule has 46 heavy (non-hydrogen) atoms. The number of amides is 4. The average Bonchev–Trinajstić information content (AvgIpc) is 3.06. The predicted octanol–water partition coefficient (Wildman–Crippen LogP) is 3.90. The van der Waals surface area contributed by atoms with Crippen molar-refractivity contribution in [2.75, 3.05) is 45.1 Å². The Labute approximate surface area is 277 Å². The topological polar surface area (TPSA) is 120 Å². The number of benzene rings is 2. The third-order valence-electron chi connectivity index (χ3n) is 9.45. The number of aromatic nitrogens is 2. The van der Waals surface area contributed by atoms with Crippen molar-refractivity contribution >= 4 is 39.5 Å². The van der Waals surface area contributed by atoms with Crippen LogP contribution in [0.2, 0.25) is 0 Å². The van der Waals surface area contributed by atoms with E-state index >= 15 is 0 Å². The summed E-state index contributed by atoms with van der Waals surface area (Å²) in [6.07, 6.45) is 4.73. The Kier molecular flexibility index (Phi) is 9.55. The second-order valence-electron chi connectivity index (χ2n) is 12.8. The molecule has 3 aliphatic rings. The molecule has 3 saturated heterocycles. The van der Waals surface area contributed by atoms with Gasteiger partial charge in [-0.3, -0.25) is 19.7 Å². The number of aryl methyl sites for hydroxylation is 1. The molecule has 0 saturated carbocycles. The lowest BCUT2D eigenvalue weighted by atomic mass is 9.87. The van der Waals surface area contributed by atoms with Gasteiger partial charge in [0.15, 0.2) is 0 Å². The van der Waals surface area contributed by atoms with Gasteiger partial charge in [0.2, 0.25) is 5.91 Å². The van der Waals surface area contributed by atoms with Crippen molar-refractivity contribution in [3.63, 3.8) is 0 Å². The molecule has 1 aromatic heterocycles. The van der Waals surface area contributed by atoms with Crippen molar-refractivity contribution in [1.82, 2.24) is 29.8 Å². The van der Waals surface area contributed by atoms with Gasteiger partial charge >= 0.3 is 6.03 Å². The fraction of sp³-hybridized carbons (Fsp3) is 0.441. The highest BCUT2D eigenvalue weighted by Gasteiger charge is 2.29. The summed E-state index contributed by atoms with van der Waals surface area (Å²) in [6, 6.07) is 16.3. The molecule has 12 heteroatoms. The van der Waals surface area contributed by atoms with E-state index in [9.17, 15) is 19.2 Å². The molecular weight excluding hydrogens is 650 g/mol. The van der Waals surface area contributed by atoms with E-state index in [1.807, 2.05) is 17.0 Å². The zero-order chi connectivity index (χ0) is 32.4. The van der Waals surface area contributed by atoms with Crippen molar-refractivity contribution in [3.8, 4) is 0 Å². The summed E-state index contributed by atoms with van der Waals surface area (Å²) in [7, 11) is 3.74. The lowest BCUT2D eigenvalue weighted by Gasteiger charge is -2.37. The number of imide groups is 1. The van der Waals surface area contributed by atoms with Crippen LogP contribution in [-0.4, -0.2) is 88.1 Å². The Bertz CT molecular complexity index is 1650. The number of halogens is 1. The Morgan fingerprint density at radius 1 is 0.935 bits per heavy atom. The molecule has 2 unspecified atom stereocenters. The zero-order valence-electron chi connectivity index (χ0n) is 26.2. The molecule has 0 spiro atoms. The number of hydrogen-bond donors (Lipinski definition) is 2. The first-order valence-electron chi connectivity index (χ1n) is 15.9. The smallest absolute Gasteiger partial charge is 0.324 e. The molecule has 3 aromatic rings. The van der Waals surface area contributed by atoms with Crippen LogP contribution in [0.25, 0.3) is 0 Å². The summed E-state index contributed by atoms with van der Waals surface area (Å²) in [4.78, 5) is 55.1. The number of nitrogens with zero attached hydrogens (tertiary/aromatic N) is 5. The number of piperidine rings is 2. The van der Waals surface area contributed by atoms with Crippen molar-refractivity contribution in [1.29, 1.82) is 0 Å². The lowest BCUT2D eigenvalue weighted by Crippen LogP contribution is -2.48. The molecule has 0 aliphatic carbocycles. The fourth-order valence-corrected chi connectivity index (χ4v) is 7.33. The van der Waals surface area contributed by atoms with E-state index in [-0.39, 0.29) is 29.4 Å². The molecule has 0 bridgehead atoms. The van der Waals surface area contributed by atoms with Crippen LogP contribution in [-0.2, 0) is 18.4 Å². The van der Waals surface area contributed by atoms with E-state index in [1.54, 1.807) is 18.1 Å². The Hall–Kier alpha value is -4.03. The Balaban J connectivity index is 1.01. The maximum atomic E-state index is 13.4. The Morgan fingerprint density at radius 2 is 1.61 bits per heavy atom. The van der Waals surface area contributed by atoms with Gasteiger partial charge in [-0.1, -0.05) is 36.4 Å². The fourth-order valence-electron chi connectivity index (χ4n) is 6.86. The number of carbonyl (C=O) groups is 3. The monoisotopic (exact) mass is 689 g/mol. The predicted molar refractivity (Wildman–Crippen MR) is 179 cm³/mol. The third kappa shape index (κ3) is 7.18. The van der Waals surface area contributed by atoms with Gasteiger partial charge in [-0.05, 0) is 82.9 Å². The van der Waals surface area contributed by atoms with E-state index in [0.29, 0.717) is 60.2 Å². The second-order valence-corrected chi connectivity index (χ2v) is 13.5. The van der Waals surface area contributed by atoms with Crippen LogP contribution >= 0.6 is 15.9 Å². The lowest BCUT2D eigenvalue weighted by molar-refractivity contribution is -0.121. The van der Waals surface area contributed by atoms with Crippen LogP contribution in [0.4, 0.5) is 10.5 Å². The second kappa shape index (κ2) is 13.8. The summed E-state index contributed by atoms with van der Waals surface area (Å²) in [6.45, 7) is 4.12. The maximum absolute atomic E-state index is 13.4. The quantitative estimate of drug-likeness (QED) is 0.386. The molecule has 4 amide bonds. The normalized spacial score (nSPS) is 21.3. The van der Waals surface area contributed by atoms with Crippen LogP contribution in [0.1, 0.15) is 64.6 Å². The number of nitrogens with one attached hydrogen (secondary N) is 2. The van der Waals surface area contributed by atoms with Crippen molar-refractivity contribution < 1.29 is 14.4 Å². The SMILES string of the molecule is CN1CC(Nc2cnn(C)c(=O)c2Br)CC(c2ccc(C(=O)N3CCC(c4ccc(CN5CCC(=O)NC5=O)cc4)CC3)cc2)C1. The molecule has 3 aliphatic heterocycles. The molecule has 2 N–H and O–H groups in total. The molecule has 0 radical (unpaired) electrons. The van der Waals surface area contributed by atoms with E-state index in [4.69, 9.17) is 0 Å². The number of carbonyl (C=O) groups excluding carboxylic acids is 3. The minimum atomic E-state index is -0.333. The molecule has 11 nitrogen and oxygen atoms in total. The molecule has 242 valence electrons. The number of urea groups is 1. The van der Waals surface area contributed by atoms with Crippen LogP contribution < -0.4 is 16.2 Å². The van der Waals surface area contributed by atoms with Crippen molar-refractivity contribution in [2.45, 2.75) is 50.1 Å². The highest BCUT2D eigenvalue weighted by molar-refractivity contribution is 9.10. The van der Waals surface area contributed by atoms with Crippen LogP contribution in [0, 0.1) is 0 Å². The van der Waals surface area contributed by atoms with Crippen molar-refractivity contribution in [3.05, 3.63) is 91.8 Å². The molecule has 6 rings (SSSR count). The highest BCUT2D eigenvalue weighted by Crippen LogP contribution is 2.31. The van der Waals surface area contributed by atoms with E-state index in [1.165, 1.54) is 15.8 Å². The molecule has 2 aromatic carbocycles. The maximum Gasteiger partial charge on any atom is 0.324 e. The van der Waals surface area contributed by atoms with E-state index in [0.717, 1.165) is 37.9 Å². The first-order valence-corrected chi connectivity index (χ1v) is 16.7. The van der Waals surface area contributed by atoms with E-state index < -0.39 is 0 Å². The van der Waals surface area contributed by atoms with Crippen LogP contribution in [0.5, 0.6) is 0 Å². The minimum Gasteiger partial charge on any atom is -0.379 e. The Morgan fingerprint density at radius 3 is 2.30 bits per heavy atom. The average molecular weight is 691 g/mol. The van der Waals surface area contributed by atoms with Gasteiger partial charge in [-0.2, -0.15) is 5.10 Å². The number of anilines is 1. The molecule has 3 fully saturated rings. The van der Waals surface area contributed by atoms with Crippen LogP contribution in [0.3, 0.4) is 0 Å². The summed E-state index contributed by atoms with van der Waals surface area (Å²) in [5, 5.41) is 10.0. The summed E-state index contributed by atoms with van der Waals surface area (Å²) < 4.78 is 1.79. The van der Waals surface area contributed by atoms with Gasteiger partial charge in [0.25, 0.3) is 11.5 Å². The molecule has 4 heterocycles.